The maximum absolute atomic E-state index is 13.4. The van der Waals surface area contributed by atoms with Crippen LogP contribution in [0.5, 0.6) is 0 Å². The first-order valence-electron chi connectivity index (χ1n) is 4.94. The molecule has 0 radical (unpaired) electrons. The molecule has 3 heteroatoms. The molecule has 0 spiro atoms. The minimum atomic E-state index is -0.137. The van der Waals surface area contributed by atoms with Crippen LogP contribution in [0, 0.1) is 11.7 Å². The van der Waals surface area contributed by atoms with Crippen molar-refractivity contribution >= 4 is 5.69 Å². The van der Waals surface area contributed by atoms with E-state index < -0.39 is 0 Å². The van der Waals surface area contributed by atoms with E-state index in [0.717, 1.165) is 19.6 Å². The number of nitrogens with zero attached hydrogens (tertiary/aromatic N) is 1. The molecule has 1 aliphatic heterocycles. The third kappa shape index (κ3) is 1.87. The average Bonchev–Trinajstić information content (AvgIpc) is 2.12. The first kappa shape index (κ1) is 9.46. The highest BCUT2D eigenvalue weighted by molar-refractivity contribution is 5.46. The van der Waals surface area contributed by atoms with Crippen LogP contribution in [0.4, 0.5) is 10.1 Å². The molecule has 0 aromatic heterocycles. The number of rotatable bonds is 3. The van der Waals surface area contributed by atoms with E-state index in [1.807, 2.05) is 24.1 Å². The number of para-hydroxylation sites is 1. The molecule has 1 N–H and O–H groups in total. The third-order valence-corrected chi connectivity index (χ3v) is 2.66. The number of halogens is 1. The topological polar surface area (TPSA) is 15.3 Å². The summed E-state index contributed by atoms with van der Waals surface area (Å²) in [7, 11) is 1.94. The lowest BCUT2D eigenvalue weighted by molar-refractivity contribution is 0.352. The summed E-state index contributed by atoms with van der Waals surface area (Å²) in [6.07, 6.45) is 0. The van der Waals surface area contributed by atoms with Crippen LogP contribution in [-0.4, -0.2) is 26.7 Å². The molecule has 76 valence electrons. The molecule has 0 atom stereocenters. The van der Waals surface area contributed by atoms with Crippen molar-refractivity contribution in [3.63, 3.8) is 0 Å². The van der Waals surface area contributed by atoms with E-state index in [1.165, 1.54) is 6.07 Å². The van der Waals surface area contributed by atoms with Gasteiger partial charge < -0.3 is 10.2 Å². The van der Waals surface area contributed by atoms with Gasteiger partial charge in [0.1, 0.15) is 5.82 Å². The molecule has 1 aromatic rings. The maximum atomic E-state index is 13.4. The Morgan fingerprint density at radius 1 is 1.43 bits per heavy atom. The third-order valence-electron chi connectivity index (χ3n) is 2.66. The zero-order chi connectivity index (χ0) is 9.97. The monoisotopic (exact) mass is 194 g/mol. The Labute approximate surface area is 83.7 Å². The number of anilines is 1. The van der Waals surface area contributed by atoms with Crippen molar-refractivity contribution in [1.82, 2.24) is 5.32 Å². The molecular formula is C11H15FN2. The Morgan fingerprint density at radius 2 is 2.14 bits per heavy atom. The number of hydrogen-bond donors (Lipinski definition) is 1. The quantitative estimate of drug-likeness (QED) is 0.784. The largest absolute Gasteiger partial charge is 0.372 e. The highest BCUT2D eigenvalue weighted by Crippen LogP contribution is 2.18. The summed E-state index contributed by atoms with van der Waals surface area (Å²) in [5.74, 6) is 0.530. The summed E-state index contributed by atoms with van der Waals surface area (Å²) >= 11 is 0. The van der Waals surface area contributed by atoms with Crippen LogP contribution < -0.4 is 10.2 Å². The first-order chi connectivity index (χ1) is 6.77. The molecule has 1 heterocycles. The molecule has 0 amide bonds. The Hall–Kier alpha value is -1.09. The molecule has 1 fully saturated rings. The molecule has 0 bridgehead atoms. The molecule has 0 saturated carbocycles. The average molecular weight is 194 g/mol. The summed E-state index contributed by atoms with van der Waals surface area (Å²) in [4.78, 5) is 1.99. The van der Waals surface area contributed by atoms with Crippen LogP contribution in [-0.2, 0) is 0 Å². The van der Waals surface area contributed by atoms with E-state index in [0.29, 0.717) is 11.6 Å². The Balaban J connectivity index is 2.02. The van der Waals surface area contributed by atoms with Crippen LogP contribution in [0.3, 0.4) is 0 Å². The lowest BCUT2D eigenvalue weighted by atomic mass is 10.0. The van der Waals surface area contributed by atoms with Crippen LogP contribution in [0.2, 0.25) is 0 Å². The molecule has 0 unspecified atom stereocenters. The highest BCUT2D eigenvalue weighted by atomic mass is 19.1. The molecular weight excluding hydrogens is 179 g/mol. The van der Waals surface area contributed by atoms with E-state index in [1.54, 1.807) is 6.07 Å². The normalized spacial score (nSPS) is 16.4. The van der Waals surface area contributed by atoms with Crippen molar-refractivity contribution in [2.75, 3.05) is 31.6 Å². The van der Waals surface area contributed by atoms with Gasteiger partial charge in [0.05, 0.1) is 5.69 Å². The fraction of sp³-hybridized carbons (Fsp3) is 0.455. The standard InChI is InChI=1S/C11H15FN2/c1-14(8-9-6-13-7-9)11-5-3-2-4-10(11)12/h2-5,9,13H,6-8H2,1H3. The van der Waals surface area contributed by atoms with Crippen molar-refractivity contribution in [2.24, 2.45) is 5.92 Å². The van der Waals surface area contributed by atoms with E-state index in [-0.39, 0.29) is 5.82 Å². The first-order valence-corrected chi connectivity index (χ1v) is 4.94. The zero-order valence-electron chi connectivity index (χ0n) is 8.33. The summed E-state index contributed by atoms with van der Waals surface area (Å²) in [6.45, 7) is 3.03. The second kappa shape index (κ2) is 3.96. The zero-order valence-corrected chi connectivity index (χ0v) is 8.33. The second-order valence-corrected chi connectivity index (χ2v) is 3.86. The van der Waals surface area contributed by atoms with Crippen molar-refractivity contribution in [3.8, 4) is 0 Å². The molecule has 14 heavy (non-hydrogen) atoms. The van der Waals surface area contributed by atoms with Gasteiger partial charge in [0.25, 0.3) is 0 Å². The van der Waals surface area contributed by atoms with Gasteiger partial charge in [0.15, 0.2) is 0 Å². The van der Waals surface area contributed by atoms with E-state index in [4.69, 9.17) is 0 Å². The lowest BCUT2D eigenvalue weighted by Crippen LogP contribution is -2.47. The van der Waals surface area contributed by atoms with Gasteiger partial charge in [-0.25, -0.2) is 4.39 Å². The molecule has 1 aromatic carbocycles. The van der Waals surface area contributed by atoms with E-state index >= 15 is 0 Å². The number of nitrogens with one attached hydrogen (secondary N) is 1. The van der Waals surface area contributed by atoms with Gasteiger partial charge >= 0.3 is 0 Å². The minimum Gasteiger partial charge on any atom is -0.372 e. The van der Waals surface area contributed by atoms with Gasteiger partial charge in [-0.1, -0.05) is 12.1 Å². The van der Waals surface area contributed by atoms with Gasteiger partial charge in [0.2, 0.25) is 0 Å². The summed E-state index contributed by atoms with van der Waals surface area (Å²) in [6, 6.07) is 6.91. The number of hydrogen-bond acceptors (Lipinski definition) is 2. The predicted molar refractivity (Wildman–Crippen MR) is 56.0 cm³/mol. The van der Waals surface area contributed by atoms with Crippen LogP contribution >= 0.6 is 0 Å². The van der Waals surface area contributed by atoms with Gasteiger partial charge in [-0.05, 0) is 12.1 Å². The van der Waals surface area contributed by atoms with Crippen molar-refractivity contribution < 1.29 is 4.39 Å². The molecule has 1 aliphatic rings. The smallest absolute Gasteiger partial charge is 0.146 e. The fourth-order valence-electron chi connectivity index (χ4n) is 1.72. The van der Waals surface area contributed by atoms with Gasteiger partial charge in [-0.15, -0.1) is 0 Å². The molecule has 1 saturated heterocycles. The van der Waals surface area contributed by atoms with E-state index in [9.17, 15) is 4.39 Å². The molecule has 2 rings (SSSR count). The summed E-state index contributed by atoms with van der Waals surface area (Å²) < 4.78 is 13.4. The predicted octanol–water partition coefficient (Wildman–Crippen LogP) is 1.48. The molecule has 0 aliphatic carbocycles. The van der Waals surface area contributed by atoms with Crippen LogP contribution in [0.15, 0.2) is 24.3 Å². The SMILES string of the molecule is CN(CC1CNC1)c1ccccc1F. The number of benzene rings is 1. The maximum Gasteiger partial charge on any atom is 0.146 e. The van der Waals surface area contributed by atoms with Crippen molar-refractivity contribution in [3.05, 3.63) is 30.1 Å². The van der Waals surface area contributed by atoms with Gasteiger partial charge in [0, 0.05) is 32.6 Å². The highest BCUT2D eigenvalue weighted by Gasteiger charge is 2.19. The van der Waals surface area contributed by atoms with Crippen molar-refractivity contribution in [1.29, 1.82) is 0 Å². The van der Waals surface area contributed by atoms with Crippen molar-refractivity contribution in [2.45, 2.75) is 0 Å². The second-order valence-electron chi connectivity index (χ2n) is 3.86. The Morgan fingerprint density at radius 3 is 2.71 bits per heavy atom. The van der Waals surface area contributed by atoms with Crippen LogP contribution in [0.1, 0.15) is 0 Å². The molecule has 2 nitrogen and oxygen atoms in total. The summed E-state index contributed by atoms with van der Waals surface area (Å²) in [5.41, 5.74) is 0.694. The van der Waals surface area contributed by atoms with Gasteiger partial charge in [-0.2, -0.15) is 0 Å². The van der Waals surface area contributed by atoms with Gasteiger partial charge in [-0.3, -0.25) is 0 Å². The Kier molecular flexibility index (Phi) is 2.68. The Bertz CT molecular complexity index is 310. The van der Waals surface area contributed by atoms with Crippen LogP contribution in [0.25, 0.3) is 0 Å². The van der Waals surface area contributed by atoms with E-state index in [2.05, 4.69) is 5.32 Å². The fourth-order valence-corrected chi connectivity index (χ4v) is 1.72. The minimum absolute atomic E-state index is 0.137. The lowest BCUT2D eigenvalue weighted by Gasteiger charge is -2.32. The summed E-state index contributed by atoms with van der Waals surface area (Å²) in [5, 5.41) is 3.21.